The number of benzene rings is 1. The lowest BCUT2D eigenvalue weighted by molar-refractivity contribution is 0.548. The minimum absolute atomic E-state index is 0.236. The second-order valence-electron chi connectivity index (χ2n) is 4.05. The first kappa shape index (κ1) is 14.0. The summed E-state index contributed by atoms with van der Waals surface area (Å²) < 4.78 is 40.2. The molecule has 0 aliphatic heterocycles. The molecule has 0 atom stereocenters. The Morgan fingerprint density at radius 3 is 2.42 bits per heavy atom. The Balaban J connectivity index is 2.42. The highest BCUT2D eigenvalue weighted by Crippen LogP contribution is 2.32. The fourth-order valence-electron chi connectivity index (χ4n) is 1.68. The highest BCUT2D eigenvalue weighted by Gasteiger charge is 2.18. The summed E-state index contributed by atoms with van der Waals surface area (Å²) in [4.78, 5) is 5.08. The zero-order valence-corrected chi connectivity index (χ0v) is 11.4. The first-order chi connectivity index (χ1) is 9.02. The van der Waals surface area contributed by atoms with Crippen LogP contribution in [-0.4, -0.2) is 11.5 Å². The van der Waals surface area contributed by atoms with Crippen LogP contribution in [-0.2, 0) is 6.54 Å². The molecule has 2 rings (SSSR count). The van der Waals surface area contributed by atoms with Crippen molar-refractivity contribution in [3.05, 3.63) is 40.2 Å². The van der Waals surface area contributed by atoms with Crippen molar-refractivity contribution in [3.8, 4) is 10.6 Å². The molecule has 1 N–H and O–H groups in total. The molecule has 102 valence electrons. The molecule has 0 spiro atoms. The Morgan fingerprint density at radius 2 is 1.84 bits per heavy atom. The van der Waals surface area contributed by atoms with Gasteiger partial charge in [-0.2, -0.15) is 0 Å². The van der Waals surface area contributed by atoms with E-state index in [0.29, 0.717) is 18.7 Å². The molecule has 0 saturated carbocycles. The summed E-state index contributed by atoms with van der Waals surface area (Å²) in [5.74, 6) is -2.79. The third kappa shape index (κ3) is 2.96. The summed E-state index contributed by atoms with van der Waals surface area (Å²) in [6.45, 7) is 5.15. The molecule has 0 radical (unpaired) electrons. The van der Waals surface area contributed by atoms with Gasteiger partial charge in [0, 0.05) is 23.6 Å². The summed E-state index contributed by atoms with van der Waals surface area (Å²) in [5, 5.41) is 3.37. The van der Waals surface area contributed by atoms with Gasteiger partial charge in [-0.05, 0) is 13.5 Å². The monoisotopic (exact) mass is 286 g/mol. The summed E-state index contributed by atoms with van der Waals surface area (Å²) >= 11 is 1.21. The number of nitrogens with one attached hydrogen (secondary N) is 1. The zero-order valence-electron chi connectivity index (χ0n) is 10.6. The van der Waals surface area contributed by atoms with Gasteiger partial charge < -0.3 is 5.32 Å². The van der Waals surface area contributed by atoms with E-state index in [2.05, 4.69) is 10.3 Å². The summed E-state index contributed by atoms with van der Waals surface area (Å²) in [7, 11) is 0. The molecular weight excluding hydrogens is 273 g/mol. The van der Waals surface area contributed by atoms with Crippen LogP contribution >= 0.6 is 11.3 Å². The third-order valence-corrected chi connectivity index (χ3v) is 3.82. The van der Waals surface area contributed by atoms with Crippen LogP contribution in [0.1, 0.15) is 17.5 Å². The van der Waals surface area contributed by atoms with Crippen molar-refractivity contribution in [2.45, 2.75) is 20.4 Å². The molecule has 0 fully saturated rings. The molecule has 0 aliphatic carbocycles. The van der Waals surface area contributed by atoms with Gasteiger partial charge in [-0.15, -0.1) is 11.3 Å². The maximum absolute atomic E-state index is 13.7. The van der Waals surface area contributed by atoms with Gasteiger partial charge in [0.25, 0.3) is 0 Å². The minimum Gasteiger partial charge on any atom is -0.312 e. The summed E-state index contributed by atoms with van der Waals surface area (Å²) in [6.07, 6.45) is 0. The van der Waals surface area contributed by atoms with Crippen molar-refractivity contribution in [1.82, 2.24) is 10.3 Å². The van der Waals surface area contributed by atoms with E-state index in [1.165, 1.54) is 11.3 Å². The van der Waals surface area contributed by atoms with Crippen molar-refractivity contribution in [1.29, 1.82) is 0 Å². The molecule has 6 heteroatoms. The summed E-state index contributed by atoms with van der Waals surface area (Å²) in [6, 6.07) is 1.33. The first-order valence-corrected chi connectivity index (χ1v) is 6.66. The van der Waals surface area contributed by atoms with Gasteiger partial charge in [0.15, 0.2) is 0 Å². The number of aromatic nitrogens is 1. The van der Waals surface area contributed by atoms with Gasteiger partial charge >= 0.3 is 0 Å². The number of nitrogens with zero attached hydrogens (tertiary/aromatic N) is 1. The van der Waals surface area contributed by atoms with Crippen LogP contribution in [0.25, 0.3) is 10.6 Å². The van der Waals surface area contributed by atoms with E-state index in [4.69, 9.17) is 0 Å². The SMILES string of the molecule is CCNCc1sc(-c2c(F)cc(F)cc2F)nc1C. The van der Waals surface area contributed by atoms with Crippen LogP contribution in [0, 0.1) is 24.4 Å². The summed E-state index contributed by atoms with van der Waals surface area (Å²) in [5.41, 5.74) is 0.460. The molecule has 0 bridgehead atoms. The second kappa shape index (κ2) is 5.71. The lowest BCUT2D eigenvalue weighted by Crippen LogP contribution is -2.11. The number of thiazole rings is 1. The van der Waals surface area contributed by atoms with E-state index in [0.717, 1.165) is 17.1 Å². The predicted molar refractivity (Wildman–Crippen MR) is 69.5 cm³/mol. The van der Waals surface area contributed by atoms with E-state index >= 15 is 0 Å². The molecule has 2 aromatic rings. The largest absolute Gasteiger partial charge is 0.312 e. The van der Waals surface area contributed by atoms with E-state index in [1.54, 1.807) is 6.92 Å². The van der Waals surface area contributed by atoms with Crippen LogP contribution < -0.4 is 5.32 Å². The molecular formula is C13H13F3N2S. The predicted octanol–water partition coefficient (Wildman–Crippen LogP) is 3.65. The van der Waals surface area contributed by atoms with Crippen molar-refractivity contribution in [3.63, 3.8) is 0 Å². The molecule has 0 saturated heterocycles. The number of rotatable bonds is 4. The fraction of sp³-hybridized carbons (Fsp3) is 0.308. The van der Waals surface area contributed by atoms with Gasteiger partial charge in [0.1, 0.15) is 22.5 Å². The average molecular weight is 286 g/mol. The maximum atomic E-state index is 13.7. The first-order valence-electron chi connectivity index (χ1n) is 5.84. The maximum Gasteiger partial charge on any atom is 0.139 e. The van der Waals surface area contributed by atoms with Crippen LogP contribution in [0.3, 0.4) is 0 Å². The van der Waals surface area contributed by atoms with Crippen LogP contribution in [0.4, 0.5) is 13.2 Å². The molecule has 0 unspecified atom stereocenters. The standard InChI is InChI=1S/C13H13F3N2S/c1-3-17-6-11-7(2)18-13(19-11)12-9(15)4-8(14)5-10(12)16/h4-5,17H,3,6H2,1-2H3. The highest BCUT2D eigenvalue weighted by molar-refractivity contribution is 7.15. The van der Waals surface area contributed by atoms with Gasteiger partial charge in [0.2, 0.25) is 0 Å². The smallest absolute Gasteiger partial charge is 0.139 e. The third-order valence-electron chi connectivity index (χ3n) is 2.65. The molecule has 1 heterocycles. The number of hydrogen-bond donors (Lipinski definition) is 1. The second-order valence-corrected chi connectivity index (χ2v) is 5.14. The van der Waals surface area contributed by atoms with Crippen molar-refractivity contribution < 1.29 is 13.2 Å². The fourth-order valence-corrected chi connectivity index (χ4v) is 2.76. The van der Waals surface area contributed by atoms with Crippen LogP contribution in [0.2, 0.25) is 0 Å². The van der Waals surface area contributed by atoms with Gasteiger partial charge in [0.05, 0.1) is 11.3 Å². The molecule has 1 aromatic heterocycles. The van der Waals surface area contributed by atoms with Crippen molar-refractivity contribution >= 4 is 11.3 Å². The highest BCUT2D eigenvalue weighted by atomic mass is 32.1. The number of halogens is 3. The number of aryl methyl sites for hydroxylation is 1. The zero-order chi connectivity index (χ0) is 14.0. The Labute approximate surface area is 113 Å². The Kier molecular flexibility index (Phi) is 4.21. The van der Waals surface area contributed by atoms with Gasteiger partial charge in [-0.1, -0.05) is 6.92 Å². The quantitative estimate of drug-likeness (QED) is 0.928. The molecule has 19 heavy (non-hydrogen) atoms. The molecule has 1 aromatic carbocycles. The average Bonchev–Trinajstić information content (AvgIpc) is 2.66. The lowest BCUT2D eigenvalue weighted by atomic mass is 10.2. The van der Waals surface area contributed by atoms with Crippen LogP contribution in [0.15, 0.2) is 12.1 Å². The Morgan fingerprint density at radius 1 is 1.21 bits per heavy atom. The molecule has 0 amide bonds. The van der Waals surface area contributed by atoms with E-state index < -0.39 is 17.5 Å². The van der Waals surface area contributed by atoms with Crippen LogP contribution in [0.5, 0.6) is 0 Å². The van der Waals surface area contributed by atoms with E-state index in [-0.39, 0.29) is 10.6 Å². The number of hydrogen-bond acceptors (Lipinski definition) is 3. The molecule has 0 aliphatic rings. The van der Waals surface area contributed by atoms with E-state index in [1.807, 2.05) is 6.92 Å². The minimum atomic E-state index is -0.931. The van der Waals surface area contributed by atoms with Gasteiger partial charge in [-0.25, -0.2) is 18.2 Å². The van der Waals surface area contributed by atoms with Gasteiger partial charge in [-0.3, -0.25) is 0 Å². The van der Waals surface area contributed by atoms with Crippen molar-refractivity contribution in [2.75, 3.05) is 6.54 Å². The Bertz CT molecular complexity index is 573. The normalized spacial score (nSPS) is 11.0. The lowest BCUT2D eigenvalue weighted by Gasteiger charge is -2.01. The van der Waals surface area contributed by atoms with Crippen molar-refractivity contribution in [2.24, 2.45) is 0 Å². The Hall–Kier alpha value is -1.40. The molecule has 2 nitrogen and oxygen atoms in total. The topological polar surface area (TPSA) is 24.9 Å². The van der Waals surface area contributed by atoms with E-state index in [9.17, 15) is 13.2 Å².